The summed E-state index contributed by atoms with van der Waals surface area (Å²) in [5.41, 5.74) is 3.00. The largest absolute Gasteiger partial charge is 0.459 e. The third-order valence-electron chi connectivity index (χ3n) is 4.83. The molecule has 0 aliphatic carbocycles. The Morgan fingerprint density at radius 1 is 1.16 bits per heavy atom. The molecular weight excluding hydrogens is 474 g/mol. The summed E-state index contributed by atoms with van der Waals surface area (Å²) < 4.78 is 6.28. The van der Waals surface area contributed by atoms with E-state index in [-0.39, 0.29) is 17.7 Å². The molecule has 0 aliphatic rings. The van der Waals surface area contributed by atoms with Crippen LogP contribution in [0.15, 0.2) is 75.8 Å². The number of rotatable bonds is 7. The van der Waals surface area contributed by atoms with Crippen LogP contribution in [-0.4, -0.2) is 10.9 Å². The zero-order valence-corrected chi connectivity index (χ0v) is 19.6. The number of hydrogen-bond acceptors (Lipinski definition) is 5. The fraction of sp³-hybridized carbons (Fsp3) is 0.167. The highest BCUT2D eigenvalue weighted by atomic mass is 79.9. The lowest BCUT2D eigenvalue weighted by atomic mass is 9.99. The molecule has 2 N–H and O–H groups in total. The molecule has 0 saturated carbocycles. The number of pyridine rings is 1. The fourth-order valence-electron chi connectivity index (χ4n) is 3.28. The molecule has 7 heteroatoms. The van der Waals surface area contributed by atoms with Crippen LogP contribution in [0.25, 0.3) is 0 Å². The quantitative estimate of drug-likeness (QED) is 0.295. The van der Waals surface area contributed by atoms with Gasteiger partial charge in [0.05, 0.1) is 12.3 Å². The number of nitrogens with zero attached hydrogens (tertiary/aromatic N) is 1. The zero-order valence-electron chi connectivity index (χ0n) is 17.2. The van der Waals surface area contributed by atoms with Crippen LogP contribution in [0, 0.1) is 6.92 Å². The molecule has 3 aromatic heterocycles. The molecule has 4 aromatic rings. The number of carbonyl (C=O) groups is 1. The second-order valence-electron chi connectivity index (χ2n) is 7.08. The van der Waals surface area contributed by atoms with Gasteiger partial charge in [-0.15, -0.1) is 11.3 Å². The van der Waals surface area contributed by atoms with E-state index < -0.39 is 0 Å². The predicted octanol–water partition coefficient (Wildman–Crippen LogP) is 6.82. The summed E-state index contributed by atoms with van der Waals surface area (Å²) in [5, 5.41) is 7.40. The Hall–Kier alpha value is -2.90. The van der Waals surface area contributed by atoms with Gasteiger partial charge in [-0.1, -0.05) is 41.1 Å². The molecular formula is C24H22BrN3O2S. The number of benzene rings is 1. The maximum atomic E-state index is 12.7. The van der Waals surface area contributed by atoms with E-state index >= 15 is 0 Å². The van der Waals surface area contributed by atoms with E-state index in [4.69, 9.17) is 4.42 Å². The first kappa shape index (κ1) is 21.3. The Bertz CT molecular complexity index is 1170. The predicted molar refractivity (Wildman–Crippen MR) is 129 cm³/mol. The lowest BCUT2D eigenvalue weighted by molar-refractivity contribution is 0.0997. The highest BCUT2D eigenvalue weighted by Crippen LogP contribution is 2.38. The van der Waals surface area contributed by atoms with Crippen molar-refractivity contribution >= 4 is 44.0 Å². The fourth-order valence-corrected chi connectivity index (χ4v) is 4.58. The molecule has 0 radical (unpaired) electrons. The van der Waals surface area contributed by atoms with Crippen molar-refractivity contribution in [1.82, 2.24) is 4.98 Å². The summed E-state index contributed by atoms with van der Waals surface area (Å²) in [6, 6.07) is 19.4. The van der Waals surface area contributed by atoms with Crippen molar-refractivity contribution in [3.05, 3.63) is 98.9 Å². The summed E-state index contributed by atoms with van der Waals surface area (Å²) in [7, 11) is 0. The normalized spacial score (nSPS) is 11.8. The molecule has 1 atom stereocenters. The maximum Gasteiger partial charge on any atom is 0.291 e. The van der Waals surface area contributed by atoms with E-state index in [0.29, 0.717) is 0 Å². The lowest BCUT2D eigenvalue weighted by Crippen LogP contribution is -2.17. The lowest BCUT2D eigenvalue weighted by Gasteiger charge is -2.21. The van der Waals surface area contributed by atoms with Gasteiger partial charge in [0.1, 0.15) is 10.8 Å². The van der Waals surface area contributed by atoms with E-state index in [1.165, 1.54) is 11.1 Å². The number of aromatic nitrogens is 1. The van der Waals surface area contributed by atoms with Gasteiger partial charge in [-0.2, -0.15) is 0 Å². The Kier molecular flexibility index (Phi) is 6.53. The summed E-state index contributed by atoms with van der Waals surface area (Å²) in [5.74, 6) is 0.797. The van der Waals surface area contributed by atoms with E-state index in [1.807, 2.05) is 37.3 Å². The van der Waals surface area contributed by atoms with E-state index in [2.05, 4.69) is 56.7 Å². The van der Waals surface area contributed by atoms with Gasteiger partial charge in [0.25, 0.3) is 5.91 Å². The second kappa shape index (κ2) is 9.49. The SMILES string of the molecule is CCc1cc([C@H](Nc2cccc(C)n2)c2ccc(Br)cc2)c(NC(=O)c2ccco2)s1. The average Bonchev–Trinajstić information content (AvgIpc) is 3.43. The number of amides is 1. The number of carbonyl (C=O) groups excluding carboxylic acids is 1. The molecule has 5 nitrogen and oxygen atoms in total. The second-order valence-corrected chi connectivity index (χ2v) is 9.13. The number of aryl methyl sites for hydroxylation is 2. The third kappa shape index (κ3) is 5.06. The zero-order chi connectivity index (χ0) is 21.8. The Labute approximate surface area is 193 Å². The van der Waals surface area contributed by atoms with Crippen LogP contribution >= 0.6 is 27.3 Å². The van der Waals surface area contributed by atoms with Crippen LogP contribution in [-0.2, 0) is 6.42 Å². The molecule has 0 aliphatic heterocycles. The van der Waals surface area contributed by atoms with Gasteiger partial charge < -0.3 is 15.1 Å². The van der Waals surface area contributed by atoms with Crippen molar-refractivity contribution in [1.29, 1.82) is 0 Å². The summed E-state index contributed by atoms with van der Waals surface area (Å²) >= 11 is 5.10. The van der Waals surface area contributed by atoms with Crippen molar-refractivity contribution in [2.24, 2.45) is 0 Å². The van der Waals surface area contributed by atoms with Crippen LogP contribution in [0.3, 0.4) is 0 Å². The van der Waals surface area contributed by atoms with E-state index in [1.54, 1.807) is 23.5 Å². The molecule has 4 rings (SSSR count). The van der Waals surface area contributed by atoms with Crippen LogP contribution in [0.4, 0.5) is 10.8 Å². The number of hydrogen-bond donors (Lipinski definition) is 2. The molecule has 0 bridgehead atoms. The smallest absolute Gasteiger partial charge is 0.291 e. The van der Waals surface area contributed by atoms with Gasteiger partial charge in [-0.05, 0) is 61.4 Å². The van der Waals surface area contributed by atoms with Gasteiger partial charge in [-0.3, -0.25) is 4.79 Å². The van der Waals surface area contributed by atoms with Gasteiger partial charge in [-0.25, -0.2) is 4.98 Å². The first-order valence-electron chi connectivity index (χ1n) is 9.96. The Morgan fingerprint density at radius 3 is 2.65 bits per heavy atom. The molecule has 158 valence electrons. The first-order chi connectivity index (χ1) is 15.0. The van der Waals surface area contributed by atoms with Gasteiger partial charge in [0.2, 0.25) is 0 Å². The van der Waals surface area contributed by atoms with Crippen molar-refractivity contribution in [3.8, 4) is 0 Å². The number of thiophene rings is 1. The van der Waals surface area contributed by atoms with Crippen molar-refractivity contribution in [3.63, 3.8) is 0 Å². The van der Waals surface area contributed by atoms with E-state index in [9.17, 15) is 4.79 Å². The average molecular weight is 496 g/mol. The van der Waals surface area contributed by atoms with Crippen LogP contribution in [0.5, 0.6) is 0 Å². The van der Waals surface area contributed by atoms with Crippen LogP contribution in [0.2, 0.25) is 0 Å². The Morgan fingerprint density at radius 2 is 1.97 bits per heavy atom. The molecule has 0 saturated heterocycles. The highest BCUT2D eigenvalue weighted by molar-refractivity contribution is 9.10. The molecule has 1 amide bonds. The van der Waals surface area contributed by atoms with Gasteiger partial charge in [0, 0.05) is 20.6 Å². The Balaban J connectivity index is 1.75. The number of nitrogens with one attached hydrogen (secondary N) is 2. The van der Waals surface area contributed by atoms with Gasteiger partial charge in [0.15, 0.2) is 5.76 Å². The number of halogens is 1. The number of furan rings is 1. The standard InChI is InChI=1S/C24H22BrN3O2S/c1-3-18-14-19(24(31-18)28-23(29)20-7-5-13-30-20)22(16-9-11-17(25)12-10-16)27-21-8-4-6-15(2)26-21/h4-14,22H,3H2,1-2H3,(H,26,27)(H,28,29)/t22-/m1/s1. The molecule has 31 heavy (non-hydrogen) atoms. The monoisotopic (exact) mass is 495 g/mol. The number of anilines is 2. The molecule has 1 aromatic carbocycles. The molecule has 0 spiro atoms. The minimum absolute atomic E-state index is 0.189. The first-order valence-corrected chi connectivity index (χ1v) is 11.6. The van der Waals surface area contributed by atoms with Crippen LogP contribution in [0.1, 0.15) is 45.2 Å². The van der Waals surface area contributed by atoms with Crippen LogP contribution < -0.4 is 10.6 Å². The third-order valence-corrected chi connectivity index (χ3v) is 6.57. The summed E-state index contributed by atoms with van der Waals surface area (Å²) in [6.45, 7) is 4.08. The van der Waals surface area contributed by atoms with E-state index in [0.717, 1.165) is 38.5 Å². The minimum Gasteiger partial charge on any atom is -0.459 e. The highest BCUT2D eigenvalue weighted by Gasteiger charge is 2.23. The topological polar surface area (TPSA) is 67.2 Å². The minimum atomic E-state index is -0.265. The maximum absolute atomic E-state index is 12.7. The summed E-state index contributed by atoms with van der Waals surface area (Å²) in [4.78, 5) is 18.5. The summed E-state index contributed by atoms with van der Waals surface area (Å²) in [6.07, 6.45) is 2.38. The van der Waals surface area contributed by atoms with Crippen molar-refractivity contribution in [2.45, 2.75) is 26.3 Å². The van der Waals surface area contributed by atoms with Gasteiger partial charge >= 0.3 is 0 Å². The molecule has 3 heterocycles. The molecule has 0 unspecified atom stereocenters. The van der Waals surface area contributed by atoms with Crippen molar-refractivity contribution < 1.29 is 9.21 Å². The van der Waals surface area contributed by atoms with Crippen molar-refractivity contribution in [2.75, 3.05) is 10.6 Å². The molecule has 0 fully saturated rings.